The maximum atomic E-state index is 12.1. The van der Waals surface area contributed by atoms with Gasteiger partial charge in [-0.05, 0) is 37.0 Å². The minimum absolute atomic E-state index is 0.209. The number of nitrogens with one attached hydrogen (secondary N) is 1. The molecule has 0 saturated carbocycles. The molecule has 1 fully saturated rings. The first-order valence-corrected chi connectivity index (χ1v) is 8.61. The summed E-state index contributed by atoms with van der Waals surface area (Å²) >= 11 is 5.95. The number of piperidine rings is 1. The van der Waals surface area contributed by atoms with Crippen molar-refractivity contribution in [2.45, 2.75) is 25.7 Å². The molecule has 2 aromatic rings. The highest BCUT2D eigenvalue weighted by Gasteiger charge is 2.23. The van der Waals surface area contributed by atoms with Crippen LogP contribution in [0.3, 0.4) is 0 Å². The number of halogens is 3. The van der Waals surface area contributed by atoms with Crippen molar-refractivity contribution >= 4 is 34.4 Å². The lowest BCUT2D eigenvalue weighted by Crippen LogP contribution is -2.37. The van der Waals surface area contributed by atoms with E-state index in [0.29, 0.717) is 11.4 Å². The number of nitrogens with zero attached hydrogens (tertiary/aromatic N) is 3. The zero-order valence-electron chi connectivity index (χ0n) is 13.6. The number of hydrogen-bond acceptors (Lipinski definition) is 4. The lowest BCUT2D eigenvalue weighted by atomic mass is 9.93. The van der Waals surface area contributed by atoms with E-state index in [1.165, 1.54) is 0 Å². The lowest BCUT2D eigenvalue weighted by molar-refractivity contribution is -0.122. The summed E-state index contributed by atoms with van der Waals surface area (Å²) in [4.78, 5) is 22.8. The Morgan fingerprint density at radius 3 is 2.80 bits per heavy atom. The Labute approximate surface area is 149 Å². The summed E-state index contributed by atoms with van der Waals surface area (Å²) in [6.07, 6.45) is 1.16. The zero-order valence-corrected chi connectivity index (χ0v) is 14.3. The molecule has 5 nitrogen and oxygen atoms in total. The van der Waals surface area contributed by atoms with E-state index < -0.39 is 13.0 Å². The van der Waals surface area contributed by atoms with Crippen LogP contribution >= 0.6 is 11.6 Å². The van der Waals surface area contributed by atoms with Gasteiger partial charge >= 0.3 is 0 Å². The van der Waals surface area contributed by atoms with Crippen LogP contribution < -0.4 is 10.2 Å². The maximum absolute atomic E-state index is 12.1. The van der Waals surface area contributed by atoms with Gasteiger partial charge in [-0.3, -0.25) is 9.78 Å². The second-order valence-corrected chi connectivity index (χ2v) is 6.63. The van der Waals surface area contributed by atoms with Gasteiger partial charge in [0, 0.05) is 24.5 Å². The van der Waals surface area contributed by atoms with E-state index in [-0.39, 0.29) is 11.8 Å². The van der Waals surface area contributed by atoms with Crippen LogP contribution in [0.1, 0.15) is 19.3 Å². The molecular weight excluding hydrogens is 350 g/mol. The standard InChI is InChI=1S/C17H19ClF2N4O/c18-12-1-2-13-14(8-12)21-10-16(23-13)24-5-3-11(4-6-24)7-17(25)22-9-15(19)20/h1-2,8,10-11,15H,3-7,9H2,(H,22,25). The Kier molecular flexibility index (Phi) is 5.63. The van der Waals surface area contributed by atoms with E-state index in [0.717, 1.165) is 42.8 Å². The number of aromatic nitrogens is 2. The molecule has 0 atom stereocenters. The molecule has 0 bridgehead atoms. The van der Waals surface area contributed by atoms with Gasteiger partial charge in [-0.1, -0.05) is 11.6 Å². The Morgan fingerprint density at radius 2 is 2.08 bits per heavy atom. The van der Waals surface area contributed by atoms with Crippen molar-refractivity contribution in [1.82, 2.24) is 15.3 Å². The Hall–Kier alpha value is -2.02. The summed E-state index contributed by atoms with van der Waals surface area (Å²) in [5.41, 5.74) is 1.54. The smallest absolute Gasteiger partial charge is 0.255 e. The minimum atomic E-state index is -2.51. The van der Waals surface area contributed by atoms with Crippen molar-refractivity contribution in [3.8, 4) is 0 Å². The summed E-state index contributed by atoms with van der Waals surface area (Å²) in [6.45, 7) is 0.954. The number of benzene rings is 1. The van der Waals surface area contributed by atoms with Crippen LogP contribution in [0.2, 0.25) is 5.02 Å². The normalized spacial score (nSPS) is 15.8. The van der Waals surface area contributed by atoms with Crippen molar-refractivity contribution in [1.29, 1.82) is 0 Å². The molecule has 25 heavy (non-hydrogen) atoms. The van der Waals surface area contributed by atoms with Gasteiger partial charge in [0.15, 0.2) is 0 Å². The van der Waals surface area contributed by atoms with E-state index in [2.05, 4.69) is 20.2 Å². The third kappa shape index (κ3) is 4.75. The molecule has 0 spiro atoms. The SMILES string of the molecule is O=C(CC1CCN(c2cnc3cc(Cl)ccc3n2)CC1)NCC(F)F. The maximum Gasteiger partial charge on any atom is 0.255 e. The monoisotopic (exact) mass is 368 g/mol. The molecule has 1 aliphatic heterocycles. The molecule has 0 unspecified atom stereocenters. The molecule has 1 aliphatic rings. The number of rotatable bonds is 5. The molecule has 3 rings (SSSR count). The molecule has 1 aromatic heterocycles. The Balaban J connectivity index is 1.55. The van der Waals surface area contributed by atoms with E-state index in [9.17, 15) is 13.6 Å². The second kappa shape index (κ2) is 7.91. The predicted octanol–water partition coefficient (Wildman–Crippen LogP) is 3.27. The fourth-order valence-corrected chi connectivity index (χ4v) is 3.18. The van der Waals surface area contributed by atoms with Crippen molar-refractivity contribution in [2.24, 2.45) is 5.92 Å². The molecule has 0 aliphatic carbocycles. The van der Waals surface area contributed by atoms with Gasteiger partial charge in [-0.15, -0.1) is 0 Å². The summed E-state index contributed by atoms with van der Waals surface area (Å²) in [5.74, 6) is 0.706. The summed E-state index contributed by atoms with van der Waals surface area (Å²) in [6, 6.07) is 5.40. The van der Waals surface area contributed by atoms with Crippen LogP contribution in [-0.2, 0) is 4.79 Å². The van der Waals surface area contributed by atoms with Crippen molar-refractivity contribution in [2.75, 3.05) is 24.5 Å². The van der Waals surface area contributed by atoms with Crippen LogP contribution in [0, 0.1) is 5.92 Å². The van der Waals surface area contributed by atoms with Gasteiger partial charge in [0.25, 0.3) is 6.43 Å². The average Bonchev–Trinajstić information content (AvgIpc) is 2.60. The fraction of sp³-hybridized carbons (Fsp3) is 0.471. The molecule has 1 amide bonds. The summed E-state index contributed by atoms with van der Waals surface area (Å²) in [5, 5.41) is 2.89. The third-order valence-corrected chi connectivity index (χ3v) is 4.59. The minimum Gasteiger partial charge on any atom is -0.355 e. The second-order valence-electron chi connectivity index (χ2n) is 6.19. The van der Waals surface area contributed by atoms with Crippen molar-refractivity contribution in [3.63, 3.8) is 0 Å². The third-order valence-electron chi connectivity index (χ3n) is 4.36. The van der Waals surface area contributed by atoms with Crippen LogP contribution in [0.15, 0.2) is 24.4 Å². The topological polar surface area (TPSA) is 58.1 Å². The fourth-order valence-electron chi connectivity index (χ4n) is 3.02. The summed E-state index contributed by atoms with van der Waals surface area (Å²) in [7, 11) is 0. The van der Waals surface area contributed by atoms with Gasteiger partial charge in [0.1, 0.15) is 5.82 Å². The zero-order chi connectivity index (χ0) is 17.8. The van der Waals surface area contributed by atoms with E-state index in [1.54, 1.807) is 18.3 Å². The molecule has 1 saturated heterocycles. The quantitative estimate of drug-likeness (QED) is 0.880. The van der Waals surface area contributed by atoms with E-state index >= 15 is 0 Å². The number of hydrogen-bond donors (Lipinski definition) is 1. The van der Waals surface area contributed by atoms with Crippen LogP contribution in [0.5, 0.6) is 0 Å². The highest BCUT2D eigenvalue weighted by atomic mass is 35.5. The number of amides is 1. The first-order valence-electron chi connectivity index (χ1n) is 8.23. The number of alkyl halides is 2. The van der Waals surface area contributed by atoms with Crippen LogP contribution in [0.4, 0.5) is 14.6 Å². The van der Waals surface area contributed by atoms with Gasteiger partial charge in [-0.25, -0.2) is 13.8 Å². The van der Waals surface area contributed by atoms with Gasteiger partial charge in [-0.2, -0.15) is 0 Å². The highest BCUT2D eigenvalue weighted by molar-refractivity contribution is 6.31. The molecular formula is C17H19ClF2N4O. The molecule has 1 N–H and O–H groups in total. The first kappa shape index (κ1) is 17.8. The number of carbonyl (C=O) groups excluding carboxylic acids is 1. The number of anilines is 1. The van der Waals surface area contributed by atoms with E-state index in [4.69, 9.17) is 11.6 Å². The first-order chi connectivity index (χ1) is 12.0. The van der Waals surface area contributed by atoms with Crippen molar-refractivity contribution in [3.05, 3.63) is 29.4 Å². The highest BCUT2D eigenvalue weighted by Crippen LogP contribution is 2.25. The summed E-state index contributed by atoms with van der Waals surface area (Å²) < 4.78 is 24.2. The largest absolute Gasteiger partial charge is 0.355 e. The van der Waals surface area contributed by atoms with Gasteiger partial charge < -0.3 is 10.2 Å². The van der Waals surface area contributed by atoms with Crippen LogP contribution in [-0.4, -0.2) is 41.9 Å². The Bertz CT molecular complexity index is 751. The number of fused-ring (bicyclic) bond motifs is 1. The molecule has 1 aromatic carbocycles. The van der Waals surface area contributed by atoms with E-state index in [1.807, 2.05) is 6.07 Å². The van der Waals surface area contributed by atoms with Crippen molar-refractivity contribution < 1.29 is 13.6 Å². The predicted molar refractivity (Wildman–Crippen MR) is 93.1 cm³/mol. The van der Waals surface area contributed by atoms with Gasteiger partial charge in [0.2, 0.25) is 5.91 Å². The lowest BCUT2D eigenvalue weighted by Gasteiger charge is -2.32. The molecule has 2 heterocycles. The molecule has 134 valence electrons. The number of carbonyl (C=O) groups is 1. The Morgan fingerprint density at radius 1 is 1.32 bits per heavy atom. The molecule has 8 heteroatoms. The molecule has 0 radical (unpaired) electrons. The van der Waals surface area contributed by atoms with Gasteiger partial charge in [0.05, 0.1) is 23.8 Å². The van der Waals surface area contributed by atoms with Crippen LogP contribution in [0.25, 0.3) is 11.0 Å². The average molecular weight is 369 g/mol.